The lowest BCUT2D eigenvalue weighted by Crippen LogP contribution is -2.45. The summed E-state index contributed by atoms with van der Waals surface area (Å²) in [5.74, 6) is 0.602. The Bertz CT molecular complexity index is 687. The van der Waals surface area contributed by atoms with Crippen molar-refractivity contribution in [1.82, 2.24) is 14.5 Å². The van der Waals surface area contributed by atoms with Gasteiger partial charge in [-0.25, -0.2) is 8.42 Å². The van der Waals surface area contributed by atoms with Crippen molar-refractivity contribution in [3.63, 3.8) is 0 Å². The van der Waals surface area contributed by atoms with Gasteiger partial charge in [-0.15, -0.1) is 0 Å². The molecule has 2 rings (SSSR count). The molecule has 9 heteroatoms. The summed E-state index contributed by atoms with van der Waals surface area (Å²) >= 11 is 0. The topological polar surface area (TPSA) is 88.2 Å². The van der Waals surface area contributed by atoms with E-state index in [0.717, 1.165) is 24.4 Å². The molecule has 1 amide bonds. The van der Waals surface area contributed by atoms with Crippen LogP contribution in [0.3, 0.4) is 0 Å². The maximum absolute atomic E-state index is 12.1. The van der Waals surface area contributed by atoms with E-state index in [9.17, 15) is 13.2 Å². The molecule has 0 aromatic heterocycles. The van der Waals surface area contributed by atoms with E-state index in [1.54, 1.807) is 19.2 Å². The molecule has 27 heavy (non-hydrogen) atoms. The summed E-state index contributed by atoms with van der Waals surface area (Å²) in [6.45, 7) is 4.61. The Morgan fingerprint density at radius 1 is 1.22 bits per heavy atom. The molecule has 1 aromatic rings. The number of carbonyl (C=O) groups is 1. The number of hydrogen-bond acceptors (Lipinski definition) is 6. The lowest BCUT2D eigenvalue weighted by atomic mass is 10.1. The van der Waals surface area contributed by atoms with E-state index >= 15 is 0 Å². The Morgan fingerprint density at radius 3 is 2.48 bits per heavy atom. The fourth-order valence-corrected chi connectivity index (χ4v) is 3.67. The van der Waals surface area contributed by atoms with Crippen LogP contribution in [0.1, 0.15) is 5.56 Å². The number of nitrogens with zero attached hydrogens (tertiary/aromatic N) is 2. The van der Waals surface area contributed by atoms with Crippen LogP contribution in [0.5, 0.6) is 5.75 Å². The van der Waals surface area contributed by atoms with E-state index in [4.69, 9.17) is 9.47 Å². The van der Waals surface area contributed by atoms with Gasteiger partial charge in [0, 0.05) is 39.3 Å². The highest BCUT2D eigenvalue weighted by atomic mass is 32.2. The smallest absolute Gasteiger partial charge is 0.224 e. The van der Waals surface area contributed by atoms with Gasteiger partial charge < -0.3 is 14.8 Å². The maximum Gasteiger partial charge on any atom is 0.224 e. The molecule has 0 aliphatic carbocycles. The standard InChI is InChI=1S/C18H29N3O5S/c1-25-17-5-3-16(4-6-17)15-18(22)19-7-8-21(27(2,23)24)10-9-20-11-13-26-14-12-20/h3-6H,7-15H2,1-2H3,(H,19,22). The normalized spacial score (nSPS) is 15.7. The van der Waals surface area contributed by atoms with Gasteiger partial charge in [-0.3, -0.25) is 9.69 Å². The summed E-state index contributed by atoms with van der Waals surface area (Å²) in [7, 11) is -1.73. The second kappa shape index (κ2) is 10.6. The van der Waals surface area contributed by atoms with Gasteiger partial charge in [0.2, 0.25) is 15.9 Å². The van der Waals surface area contributed by atoms with Crippen LogP contribution in [0.15, 0.2) is 24.3 Å². The van der Waals surface area contributed by atoms with Crippen LogP contribution < -0.4 is 10.1 Å². The van der Waals surface area contributed by atoms with E-state index in [2.05, 4.69) is 10.2 Å². The molecule has 1 aliphatic heterocycles. The average Bonchev–Trinajstić information content (AvgIpc) is 2.65. The summed E-state index contributed by atoms with van der Waals surface area (Å²) in [6.07, 6.45) is 1.45. The molecule has 0 saturated carbocycles. The van der Waals surface area contributed by atoms with E-state index in [1.165, 1.54) is 10.6 Å². The molecule has 0 spiro atoms. The Labute approximate surface area is 161 Å². The first-order valence-electron chi connectivity index (χ1n) is 9.03. The lowest BCUT2D eigenvalue weighted by molar-refractivity contribution is -0.120. The highest BCUT2D eigenvalue weighted by Gasteiger charge is 2.19. The number of sulfonamides is 1. The van der Waals surface area contributed by atoms with Gasteiger partial charge in [-0.05, 0) is 17.7 Å². The number of benzene rings is 1. The van der Waals surface area contributed by atoms with Gasteiger partial charge in [0.25, 0.3) is 0 Å². The molecule has 1 saturated heterocycles. The van der Waals surface area contributed by atoms with Gasteiger partial charge in [0.05, 0.1) is 33.0 Å². The maximum atomic E-state index is 12.1. The van der Waals surface area contributed by atoms with Gasteiger partial charge in [-0.1, -0.05) is 12.1 Å². The predicted molar refractivity (Wildman–Crippen MR) is 103 cm³/mol. The highest BCUT2D eigenvalue weighted by molar-refractivity contribution is 7.88. The third kappa shape index (κ3) is 7.84. The number of nitrogens with one attached hydrogen (secondary N) is 1. The molecular formula is C18H29N3O5S. The Balaban J connectivity index is 1.75. The SMILES string of the molecule is COc1ccc(CC(=O)NCCN(CCN2CCOCC2)S(C)(=O)=O)cc1. The quantitative estimate of drug-likeness (QED) is 0.593. The average molecular weight is 400 g/mol. The van der Waals surface area contributed by atoms with Gasteiger partial charge in [0.1, 0.15) is 5.75 Å². The van der Waals surface area contributed by atoms with Crippen molar-refractivity contribution < 1.29 is 22.7 Å². The summed E-state index contributed by atoms with van der Waals surface area (Å²) in [4.78, 5) is 14.3. The third-order valence-electron chi connectivity index (χ3n) is 4.45. The van der Waals surface area contributed by atoms with Gasteiger partial charge in [-0.2, -0.15) is 4.31 Å². The minimum absolute atomic E-state index is 0.137. The molecule has 152 valence electrons. The molecule has 0 atom stereocenters. The fourth-order valence-electron chi connectivity index (χ4n) is 2.83. The number of carbonyl (C=O) groups excluding carboxylic acids is 1. The number of methoxy groups -OCH3 is 1. The van der Waals surface area contributed by atoms with Crippen molar-refractivity contribution in [3.05, 3.63) is 29.8 Å². The molecule has 1 aromatic carbocycles. The zero-order chi connectivity index (χ0) is 19.7. The zero-order valence-corrected chi connectivity index (χ0v) is 16.8. The molecule has 0 bridgehead atoms. The van der Waals surface area contributed by atoms with Crippen molar-refractivity contribution in [2.75, 3.05) is 65.8 Å². The second-order valence-corrected chi connectivity index (χ2v) is 8.47. The second-order valence-electron chi connectivity index (χ2n) is 6.49. The first kappa shape index (κ1) is 21.6. The van der Waals surface area contributed by atoms with E-state index < -0.39 is 10.0 Å². The van der Waals surface area contributed by atoms with E-state index in [-0.39, 0.29) is 25.4 Å². The largest absolute Gasteiger partial charge is 0.497 e. The summed E-state index contributed by atoms with van der Waals surface area (Å²) in [6, 6.07) is 7.28. The van der Waals surface area contributed by atoms with Crippen LogP contribution in [0, 0.1) is 0 Å². The minimum Gasteiger partial charge on any atom is -0.497 e. The van der Waals surface area contributed by atoms with E-state index in [0.29, 0.717) is 26.3 Å². The number of rotatable bonds is 10. The molecule has 0 radical (unpaired) electrons. The molecule has 1 heterocycles. The third-order valence-corrected chi connectivity index (χ3v) is 5.75. The van der Waals surface area contributed by atoms with Crippen LogP contribution in [0.25, 0.3) is 0 Å². The molecule has 0 unspecified atom stereocenters. The molecule has 8 nitrogen and oxygen atoms in total. The Hall–Kier alpha value is -1.68. The summed E-state index contributed by atoms with van der Waals surface area (Å²) < 4.78 is 35.8. The predicted octanol–water partition coefficient (Wildman–Crippen LogP) is -0.0523. The van der Waals surface area contributed by atoms with Gasteiger partial charge in [0.15, 0.2) is 0 Å². The number of amides is 1. The van der Waals surface area contributed by atoms with Crippen molar-refractivity contribution in [2.45, 2.75) is 6.42 Å². The zero-order valence-electron chi connectivity index (χ0n) is 16.0. The number of ether oxygens (including phenoxy) is 2. The lowest BCUT2D eigenvalue weighted by Gasteiger charge is -2.29. The summed E-state index contributed by atoms with van der Waals surface area (Å²) in [5, 5.41) is 2.79. The van der Waals surface area contributed by atoms with Crippen LogP contribution in [0.2, 0.25) is 0 Å². The Morgan fingerprint density at radius 2 is 1.89 bits per heavy atom. The van der Waals surface area contributed by atoms with Crippen molar-refractivity contribution >= 4 is 15.9 Å². The molecule has 1 aliphatic rings. The monoisotopic (exact) mass is 399 g/mol. The first-order chi connectivity index (χ1) is 12.9. The van der Waals surface area contributed by atoms with Crippen LogP contribution in [0.4, 0.5) is 0 Å². The highest BCUT2D eigenvalue weighted by Crippen LogP contribution is 2.11. The van der Waals surface area contributed by atoms with E-state index in [1.807, 2.05) is 12.1 Å². The summed E-state index contributed by atoms with van der Waals surface area (Å²) in [5.41, 5.74) is 0.876. The van der Waals surface area contributed by atoms with Crippen molar-refractivity contribution in [2.24, 2.45) is 0 Å². The molecular weight excluding hydrogens is 370 g/mol. The molecule has 1 fully saturated rings. The minimum atomic E-state index is -3.32. The Kier molecular flexibility index (Phi) is 8.49. The number of morpholine rings is 1. The van der Waals surface area contributed by atoms with Crippen LogP contribution in [-0.4, -0.2) is 89.4 Å². The number of hydrogen-bond donors (Lipinski definition) is 1. The fraction of sp³-hybridized carbons (Fsp3) is 0.611. The first-order valence-corrected chi connectivity index (χ1v) is 10.9. The van der Waals surface area contributed by atoms with Crippen LogP contribution in [-0.2, 0) is 26.0 Å². The van der Waals surface area contributed by atoms with Crippen molar-refractivity contribution in [3.8, 4) is 5.75 Å². The van der Waals surface area contributed by atoms with Crippen molar-refractivity contribution in [1.29, 1.82) is 0 Å². The molecule has 1 N–H and O–H groups in total. The van der Waals surface area contributed by atoms with Crippen LogP contribution >= 0.6 is 0 Å². The van der Waals surface area contributed by atoms with Gasteiger partial charge >= 0.3 is 0 Å².